The van der Waals surface area contributed by atoms with E-state index in [-0.39, 0.29) is 33.1 Å². The number of rotatable bonds is 5. The number of nitrogens with one attached hydrogen (secondary N) is 2. The number of amides is 2. The summed E-state index contributed by atoms with van der Waals surface area (Å²) in [4.78, 5) is 22.5. The summed E-state index contributed by atoms with van der Waals surface area (Å²) in [5.74, 6) is -1.17. The molecule has 0 saturated carbocycles. The largest absolute Gasteiger partial charge is 0.478 e. The molecule has 0 aliphatic rings. The molecule has 1 aromatic rings. The molecule has 1 aromatic carbocycles. The van der Waals surface area contributed by atoms with Gasteiger partial charge in [-0.05, 0) is 19.1 Å². The Balaban J connectivity index is 2.77. The van der Waals surface area contributed by atoms with Crippen LogP contribution in [0.2, 0.25) is 10.0 Å². The Morgan fingerprint density at radius 2 is 1.86 bits per heavy atom. The predicted octanol–water partition coefficient (Wildman–Crippen LogP) is 2.58. The normalized spacial score (nSPS) is 13.3. The molecule has 21 heavy (non-hydrogen) atoms. The first-order chi connectivity index (χ1) is 9.72. The smallest absolute Gasteiger partial charge is 0.335 e. The van der Waals surface area contributed by atoms with Gasteiger partial charge in [-0.3, -0.25) is 4.21 Å². The summed E-state index contributed by atoms with van der Waals surface area (Å²) in [6.07, 6.45) is 1.54. The number of carboxylic acids is 1. The van der Waals surface area contributed by atoms with Crippen LogP contribution < -0.4 is 10.6 Å². The minimum atomic E-state index is -1.17. The fourth-order valence-corrected chi connectivity index (χ4v) is 2.23. The molecular formula is C12H14Cl2N2O4S. The molecule has 0 fully saturated rings. The summed E-state index contributed by atoms with van der Waals surface area (Å²) in [6.45, 7) is 1.95. The first-order valence-electron chi connectivity index (χ1n) is 5.81. The van der Waals surface area contributed by atoms with Crippen molar-refractivity contribution in [3.8, 4) is 0 Å². The van der Waals surface area contributed by atoms with Gasteiger partial charge in [-0.25, -0.2) is 9.59 Å². The van der Waals surface area contributed by atoms with Crippen LogP contribution in [0.5, 0.6) is 0 Å². The summed E-state index contributed by atoms with van der Waals surface area (Å²) < 4.78 is 11.2. The summed E-state index contributed by atoms with van der Waals surface area (Å²) in [7, 11) is -1.05. The predicted molar refractivity (Wildman–Crippen MR) is 84.0 cm³/mol. The quantitative estimate of drug-likeness (QED) is 0.758. The van der Waals surface area contributed by atoms with Crippen LogP contribution in [0.15, 0.2) is 12.1 Å². The van der Waals surface area contributed by atoms with E-state index < -0.39 is 22.8 Å². The van der Waals surface area contributed by atoms with Gasteiger partial charge in [-0.2, -0.15) is 0 Å². The maximum Gasteiger partial charge on any atom is 0.335 e. The number of anilines is 1. The Bertz CT molecular complexity index is 572. The standard InChI is InChI=1S/C12H14Cl2N2O4S/c1-6(21(2)20)5-15-12(19)16-10-8(13)3-7(11(17)18)4-9(10)14/h3-4,6H,5H2,1-2H3,(H,17,18)(H2,15,16,19). The lowest BCUT2D eigenvalue weighted by atomic mass is 10.2. The molecule has 2 unspecified atom stereocenters. The lowest BCUT2D eigenvalue weighted by Gasteiger charge is -2.13. The molecule has 0 aromatic heterocycles. The van der Waals surface area contributed by atoms with Crippen molar-refractivity contribution in [1.82, 2.24) is 5.32 Å². The zero-order valence-corrected chi connectivity index (χ0v) is 13.6. The highest BCUT2D eigenvalue weighted by molar-refractivity contribution is 7.84. The lowest BCUT2D eigenvalue weighted by Crippen LogP contribution is -2.35. The molecule has 0 bridgehead atoms. The van der Waals surface area contributed by atoms with E-state index >= 15 is 0 Å². The van der Waals surface area contributed by atoms with Crippen LogP contribution in [0.4, 0.5) is 10.5 Å². The van der Waals surface area contributed by atoms with Crippen molar-refractivity contribution >= 4 is 51.7 Å². The first kappa shape index (κ1) is 17.7. The number of benzene rings is 1. The Hall–Kier alpha value is -1.31. The molecule has 0 saturated heterocycles. The third-order valence-electron chi connectivity index (χ3n) is 2.64. The summed E-state index contributed by atoms with van der Waals surface area (Å²) in [5, 5.41) is 13.7. The van der Waals surface area contributed by atoms with Crippen molar-refractivity contribution in [2.45, 2.75) is 12.2 Å². The molecule has 3 N–H and O–H groups in total. The van der Waals surface area contributed by atoms with Crippen LogP contribution in [0, 0.1) is 0 Å². The topological polar surface area (TPSA) is 95.5 Å². The van der Waals surface area contributed by atoms with Gasteiger partial charge in [-0.1, -0.05) is 23.2 Å². The molecule has 0 radical (unpaired) electrons. The van der Waals surface area contributed by atoms with E-state index in [4.69, 9.17) is 28.3 Å². The van der Waals surface area contributed by atoms with E-state index in [1.807, 2.05) is 0 Å². The van der Waals surface area contributed by atoms with E-state index in [2.05, 4.69) is 10.6 Å². The number of carbonyl (C=O) groups is 2. The molecule has 0 aliphatic heterocycles. The maximum atomic E-state index is 11.7. The van der Waals surface area contributed by atoms with Gasteiger partial charge in [0.15, 0.2) is 0 Å². The number of hydrogen-bond donors (Lipinski definition) is 3. The number of halogens is 2. The second-order valence-corrected chi connectivity index (χ2v) is 6.88. The van der Waals surface area contributed by atoms with Crippen molar-refractivity contribution in [3.63, 3.8) is 0 Å². The molecule has 1 rings (SSSR count). The minimum absolute atomic E-state index is 0.0159. The van der Waals surface area contributed by atoms with Crippen molar-refractivity contribution < 1.29 is 18.9 Å². The zero-order chi connectivity index (χ0) is 16.2. The molecule has 116 valence electrons. The lowest BCUT2D eigenvalue weighted by molar-refractivity contribution is 0.0697. The molecule has 2 atom stereocenters. The fraction of sp³-hybridized carbons (Fsp3) is 0.333. The summed E-state index contributed by atoms with van der Waals surface area (Å²) in [5.41, 5.74) is 0.0390. The van der Waals surface area contributed by atoms with E-state index in [0.717, 1.165) is 0 Å². The molecular weight excluding hydrogens is 339 g/mol. The minimum Gasteiger partial charge on any atom is -0.478 e. The zero-order valence-electron chi connectivity index (χ0n) is 11.3. The first-order valence-corrected chi connectivity index (χ1v) is 8.19. The highest BCUT2D eigenvalue weighted by Gasteiger charge is 2.15. The molecule has 6 nitrogen and oxygen atoms in total. The van der Waals surface area contributed by atoms with Crippen molar-refractivity contribution in [1.29, 1.82) is 0 Å². The highest BCUT2D eigenvalue weighted by atomic mass is 35.5. The average molecular weight is 353 g/mol. The average Bonchev–Trinajstić information content (AvgIpc) is 2.39. The number of hydrogen-bond acceptors (Lipinski definition) is 3. The van der Waals surface area contributed by atoms with Crippen LogP contribution in [-0.4, -0.2) is 39.4 Å². The van der Waals surface area contributed by atoms with Crippen LogP contribution in [-0.2, 0) is 10.8 Å². The Morgan fingerprint density at radius 3 is 2.29 bits per heavy atom. The summed E-state index contributed by atoms with van der Waals surface area (Å²) >= 11 is 11.8. The van der Waals surface area contributed by atoms with Crippen LogP contribution >= 0.6 is 23.2 Å². The Labute approximate surface area is 134 Å². The molecule has 9 heteroatoms. The van der Waals surface area contributed by atoms with Gasteiger partial charge in [-0.15, -0.1) is 0 Å². The van der Waals surface area contributed by atoms with Gasteiger partial charge in [0.2, 0.25) is 0 Å². The summed E-state index contributed by atoms with van der Waals surface area (Å²) in [6, 6.07) is 1.81. The molecule has 0 heterocycles. The highest BCUT2D eigenvalue weighted by Crippen LogP contribution is 2.31. The Kier molecular flexibility index (Phi) is 6.44. The molecule has 0 spiro atoms. The van der Waals surface area contributed by atoms with Gasteiger partial charge in [0, 0.05) is 28.9 Å². The van der Waals surface area contributed by atoms with E-state index in [1.165, 1.54) is 12.1 Å². The van der Waals surface area contributed by atoms with Crippen LogP contribution in [0.3, 0.4) is 0 Å². The van der Waals surface area contributed by atoms with E-state index in [1.54, 1.807) is 13.2 Å². The number of aromatic carboxylic acids is 1. The van der Waals surface area contributed by atoms with Crippen LogP contribution in [0.25, 0.3) is 0 Å². The fourth-order valence-electron chi connectivity index (χ4n) is 1.33. The Morgan fingerprint density at radius 1 is 1.33 bits per heavy atom. The molecule has 2 amide bonds. The second kappa shape index (κ2) is 7.63. The van der Waals surface area contributed by atoms with Crippen molar-refractivity contribution in [2.24, 2.45) is 0 Å². The van der Waals surface area contributed by atoms with Gasteiger partial charge < -0.3 is 15.7 Å². The van der Waals surface area contributed by atoms with Gasteiger partial charge in [0.25, 0.3) is 0 Å². The number of carboxylic acid groups (broad SMARTS) is 1. The second-order valence-electron chi connectivity index (χ2n) is 4.26. The van der Waals surface area contributed by atoms with Gasteiger partial charge >= 0.3 is 12.0 Å². The SMILES string of the molecule is CC(CNC(=O)Nc1c(Cl)cc(C(=O)O)cc1Cl)S(C)=O. The van der Waals surface area contributed by atoms with Gasteiger partial charge in [0.1, 0.15) is 0 Å². The number of carbonyl (C=O) groups excluding carboxylic acids is 1. The molecule has 0 aliphatic carbocycles. The third kappa shape index (κ3) is 5.18. The van der Waals surface area contributed by atoms with Crippen molar-refractivity contribution in [2.75, 3.05) is 18.1 Å². The maximum absolute atomic E-state index is 11.7. The van der Waals surface area contributed by atoms with E-state index in [0.29, 0.717) is 0 Å². The third-order valence-corrected chi connectivity index (χ3v) is 4.54. The van der Waals surface area contributed by atoms with Gasteiger partial charge in [0.05, 0.1) is 21.3 Å². The van der Waals surface area contributed by atoms with Crippen LogP contribution in [0.1, 0.15) is 17.3 Å². The monoisotopic (exact) mass is 352 g/mol. The number of urea groups is 1. The van der Waals surface area contributed by atoms with E-state index in [9.17, 15) is 13.8 Å². The van der Waals surface area contributed by atoms with Crippen molar-refractivity contribution in [3.05, 3.63) is 27.7 Å².